The number of carboxylic acids is 1. The maximum Gasteiger partial charge on any atom is 0.451 e. The number of amides is 1. The van der Waals surface area contributed by atoms with Gasteiger partial charge in [-0.3, -0.25) is 4.79 Å². The fourth-order valence-electron chi connectivity index (χ4n) is 2.38. The van der Waals surface area contributed by atoms with Crippen molar-refractivity contribution in [2.45, 2.75) is 38.4 Å². The molecule has 1 N–H and O–H groups in total. The Morgan fingerprint density at radius 2 is 2.00 bits per heavy atom. The summed E-state index contributed by atoms with van der Waals surface area (Å²) in [6.07, 6.45) is -3.24. The second-order valence-corrected chi connectivity index (χ2v) is 5.06. The number of halogens is 3. The summed E-state index contributed by atoms with van der Waals surface area (Å²) in [5, 5.41) is 9.14. The topological polar surface area (TPSA) is 83.4 Å². The van der Waals surface area contributed by atoms with Crippen LogP contribution < -0.4 is 0 Å². The maximum atomic E-state index is 12.7. The van der Waals surface area contributed by atoms with Crippen LogP contribution in [0.1, 0.15) is 41.3 Å². The van der Waals surface area contributed by atoms with Crippen LogP contribution in [0.25, 0.3) is 0 Å². The molecule has 2 heterocycles. The Labute approximate surface area is 124 Å². The first-order valence-corrected chi connectivity index (χ1v) is 6.67. The highest BCUT2D eigenvalue weighted by atomic mass is 19.4. The molecule has 1 atom stereocenters. The second kappa shape index (κ2) is 5.90. The van der Waals surface area contributed by atoms with E-state index in [0.29, 0.717) is 12.8 Å². The van der Waals surface area contributed by atoms with Crippen molar-refractivity contribution in [2.75, 3.05) is 6.54 Å². The molecule has 0 aliphatic carbocycles. The van der Waals surface area contributed by atoms with Gasteiger partial charge in [-0.2, -0.15) is 13.2 Å². The Bertz CT molecular complexity index is 604. The van der Waals surface area contributed by atoms with Gasteiger partial charge in [0.25, 0.3) is 5.91 Å². The number of aliphatic carboxylic acids is 1. The van der Waals surface area contributed by atoms with Crippen LogP contribution in [0.4, 0.5) is 13.2 Å². The number of aromatic nitrogens is 2. The SMILES string of the molecule is Cc1cc(C(=O)N2CCCCC2C(=O)O)nc(C(F)(F)F)n1. The summed E-state index contributed by atoms with van der Waals surface area (Å²) in [6, 6.07) is 0.0938. The fourth-order valence-corrected chi connectivity index (χ4v) is 2.38. The number of hydrogen-bond acceptors (Lipinski definition) is 4. The highest BCUT2D eigenvalue weighted by molar-refractivity contribution is 5.95. The van der Waals surface area contributed by atoms with Gasteiger partial charge in [0.1, 0.15) is 11.7 Å². The Morgan fingerprint density at radius 3 is 2.59 bits per heavy atom. The largest absolute Gasteiger partial charge is 0.480 e. The first kappa shape index (κ1) is 16.2. The van der Waals surface area contributed by atoms with Gasteiger partial charge in [-0.25, -0.2) is 14.8 Å². The minimum atomic E-state index is -4.77. The van der Waals surface area contributed by atoms with Crippen molar-refractivity contribution in [3.8, 4) is 0 Å². The molecule has 1 aromatic rings. The number of alkyl halides is 3. The Kier molecular flexibility index (Phi) is 4.34. The van der Waals surface area contributed by atoms with Crippen LogP contribution in [-0.4, -0.2) is 44.4 Å². The lowest BCUT2D eigenvalue weighted by Gasteiger charge is -2.32. The summed E-state index contributed by atoms with van der Waals surface area (Å²) in [5.74, 6) is -3.39. The van der Waals surface area contributed by atoms with E-state index in [0.717, 1.165) is 11.0 Å². The van der Waals surface area contributed by atoms with E-state index in [1.54, 1.807) is 0 Å². The van der Waals surface area contributed by atoms with E-state index in [9.17, 15) is 22.8 Å². The number of aryl methyl sites for hydroxylation is 1. The first-order chi connectivity index (χ1) is 10.2. The maximum absolute atomic E-state index is 12.7. The number of hydrogen-bond donors (Lipinski definition) is 1. The predicted molar refractivity (Wildman–Crippen MR) is 68.1 cm³/mol. The molecular formula is C13H14F3N3O3. The van der Waals surface area contributed by atoms with Gasteiger partial charge in [-0.05, 0) is 32.3 Å². The van der Waals surface area contributed by atoms with E-state index in [2.05, 4.69) is 9.97 Å². The Morgan fingerprint density at radius 1 is 1.32 bits per heavy atom. The molecule has 0 radical (unpaired) electrons. The molecule has 0 saturated carbocycles. The molecular weight excluding hydrogens is 303 g/mol. The Hall–Kier alpha value is -2.19. The summed E-state index contributed by atoms with van der Waals surface area (Å²) >= 11 is 0. The number of nitrogens with zero attached hydrogens (tertiary/aromatic N) is 3. The third kappa shape index (κ3) is 3.34. The molecule has 2 rings (SSSR count). The lowest BCUT2D eigenvalue weighted by molar-refractivity contribution is -0.145. The van der Waals surface area contributed by atoms with Crippen molar-refractivity contribution in [3.05, 3.63) is 23.3 Å². The monoisotopic (exact) mass is 317 g/mol. The molecule has 1 fully saturated rings. The average molecular weight is 317 g/mol. The van der Waals surface area contributed by atoms with Crippen LogP contribution in [-0.2, 0) is 11.0 Å². The van der Waals surface area contributed by atoms with Gasteiger partial charge < -0.3 is 10.0 Å². The molecule has 9 heteroatoms. The molecule has 1 aliphatic heterocycles. The lowest BCUT2D eigenvalue weighted by Crippen LogP contribution is -2.48. The molecule has 1 aliphatic rings. The molecule has 6 nitrogen and oxygen atoms in total. The van der Waals surface area contributed by atoms with Crippen molar-refractivity contribution in [1.29, 1.82) is 0 Å². The third-order valence-electron chi connectivity index (χ3n) is 3.38. The minimum absolute atomic E-state index is 0.00504. The van der Waals surface area contributed by atoms with Crippen LogP contribution in [0.2, 0.25) is 0 Å². The molecule has 0 aromatic carbocycles. The van der Waals surface area contributed by atoms with Gasteiger partial charge in [0.15, 0.2) is 0 Å². The molecule has 22 heavy (non-hydrogen) atoms. The average Bonchev–Trinajstić information content (AvgIpc) is 2.45. The van der Waals surface area contributed by atoms with E-state index in [4.69, 9.17) is 5.11 Å². The van der Waals surface area contributed by atoms with Gasteiger partial charge in [-0.1, -0.05) is 0 Å². The van der Waals surface area contributed by atoms with Crippen molar-refractivity contribution in [3.63, 3.8) is 0 Å². The number of piperidine rings is 1. The number of carbonyl (C=O) groups excluding carboxylic acids is 1. The van der Waals surface area contributed by atoms with Gasteiger partial charge in [0, 0.05) is 12.2 Å². The Balaban J connectivity index is 2.36. The van der Waals surface area contributed by atoms with Crippen molar-refractivity contribution in [1.82, 2.24) is 14.9 Å². The molecule has 1 unspecified atom stereocenters. The zero-order valence-electron chi connectivity index (χ0n) is 11.7. The molecule has 0 bridgehead atoms. The molecule has 0 spiro atoms. The summed E-state index contributed by atoms with van der Waals surface area (Å²) < 4.78 is 38.1. The van der Waals surface area contributed by atoms with Crippen molar-refractivity contribution in [2.24, 2.45) is 0 Å². The van der Waals surface area contributed by atoms with Gasteiger partial charge >= 0.3 is 12.1 Å². The minimum Gasteiger partial charge on any atom is -0.480 e. The fraction of sp³-hybridized carbons (Fsp3) is 0.538. The summed E-state index contributed by atoms with van der Waals surface area (Å²) in [5.41, 5.74) is -0.442. The van der Waals surface area contributed by atoms with Crippen LogP contribution in [0.15, 0.2) is 6.07 Å². The second-order valence-electron chi connectivity index (χ2n) is 5.06. The van der Waals surface area contributed by atoms with E-state index in [-0.39, 0.29) is 18.7 Å². The molecule has 1 amide bonds. The number of carbonyl (C=O) groups is 2. The zero-order valence-corrected chi connectivity index (χ0v) is 11.7. The van der Waals surface area contributed by atoms with E-state index >= 15 is 0 Å². The molecule has 1 aromatic heterocycles. The van der Waals surface area contributed by atoms with Gasteiger partial charge in [0.05, 0.1) is 0 Å². The third-order valence-corrected chi connectivity index (χ3v) is 3.38. The number of carboxylic acid groups (broad SMARTS) is 1. The quantitative estimate of drug-likeness (QED) is 0.900. The highest BCUT2D eigenvalue weighted by Gasteiger charge is 2.37. The van der Waals surface area contributed by atoms with Crippen LogP contribution >= 0.6 is 0 Å². The van der Waals surface area contributed by atoms with E-state index in [1.165, 1.54) is 6.92 Å². The summed E-state index contributed by atoms with van der Waals surface area (Å²) in [4.78, 5) is 31.1. The summed E-state index contributed by atoms with van der Waals surface area (Å²) in [6.45, 7) is 1.50. The van der Waals surface area contributed by atoms with Crippen LogP contribution in [0, 0.1) is 6.92 Å². The van der Waals surface area contributed by atoms with E-state index in [1.807, 2.05) is 0 Å². The highest BCUT2D eigenvalue weighted by Crippen LogP contribution is 2.27. The van der Waals surface area contributed by atoms with Crippen molar-refractivity contribution < 1.29 is 27.9 Å². The zero-order chi connectivity index (χ0) is 16.5. The van der Waals surface area contributed by atoms with Gasteiger partial charge in [0.2, 0.25) is 5.82 Å². The standard InChI is InChI=1S/C13H14F3N3O3/c1-7-6-8(18-12(17-7)13(14,15)16)10(20)19-5-3-2-4-9(19)11(21)22/h6,9H,2-5H2,1H3,(H,21,22). The number of likely N-dealkylation sites (tertiary alicyclic amines) is 1. The van der Waals surface area contributed by atoms with E-state index < -0.39 is 35.6 Å². The van der Waals surface area contributed by atoms with Gasteiger partial charge in [-0.15, -0.1) is 0 Å². The predicted octanol–water partition coefficient (Wildman–Crippen LogP) is 1.88. The van der Waals surface area contributed by atoms with Crippen LogP contribution in [0.3, 0.4) is 0 Å². The summed E-state index contributed by atoms with van der Waals surface area (Å²) in [7, 11) is 0. The number of rotatable bonds is 2. The smallest absolute Gasteiger partial charge is 0.451 e. The van der Waals surface area contributed by atoms with Crippen LogP contribution in [0.5, 0.6) is 0 Å². The lowest BCUT2D eigenvalue weighted by atomic mass is 10.0. The van der Waals surface area contributed by atoms with Crippen molar-refractivity contribution >= 4 is 11.9 Å². The molecule has 1 saturated heterocycles. The first-order valence-electron chi connectivity index (χ1n) is 6.67. The molecule has 120 valence electrons. The normalized spacial score (nSPS) is 19.1.